The number of hydrogen-bond donors (Lipinski definition) is 0. The lowest BCUT2D eigenvalue weighted by Gasteiger charge is -2.09. The van der Waals surface area contributed by atoms with Crippen LogP contribution in [0.1, 0.15) is 35.7 Å². The minimum absolute atomic E-state index is 0.137. The summed E-state index contributed by atoms with van der Waals surface area (Å²) < 4.78 is 45.1. The number of esters is 1. The Hall–Kier alpha value is -1.70. The van der Waals surface area contributed by atoms with E-state index in [9.17, 15) is 18.0 Å². The second-order valence-electron chi connectivity index (χ2n) is 4.14. The van der Waals surface area contributed by atoms with Crippen molar-refractivity contribution in [2.75, 3.05) is 19.8 Å². The highest BCUT2D eigenvalue weighted by molar-refractivity contribution is 5.90. The fourth-order valence-electron chi connectivity index (χ4n) is 1.58. The first kappa shape index (κ1) is 17.4. The number of alkyl halides is 3. The molecule has 0 atom stereocenters. The second-order valence-corrected chi connectivity index (χ2v) is 4.14. The normalized spacial score (nSPS) is 11.5. The van der Waals surface area contributed by atoms with Gasteiger partial charge in [-0.2, -0.15) is 13.2 Å². The van der Waals surface area contributed by atoms with Crippen LogP contribution in [0.2, 0.25) is 0 Å². The van der Waals surface area contributed by atoms with Gasteiger partial charge in [-0.25, -0.2) is 14.8 Å². The van der Waals surface area contributed by atoms with Crippen molar-refractivity contribution in [3.63, 3.8) is 0 Å². The van der Waals surface area contributed by atoms with Gasteiger partial charge in [0.25, 0.3) is 0 Å². The summed E-state index contributed by atoms with van der Waals surface area (Å²) in [6.45, 7) is 2.32. The van der Waals surface area contributed by atoms with Crippen LogP contribution in [0.5, 0.6) is 0 Å². The third-order valence-corrected chi connectivity index (χ3v) is 2.48. The highest BCUT2D eigenvalue weighted by Crippen LogP contribution is 2.14. The Labute approximate surface area is 120 Å². The third-order valence-electron chi connectivity index (χ3n) is 2.48. The molecule has 0 saturated carbocycles. The molecule has 0 aromatic carbocycles. The predicted molar refractivity (Wildman–Crippen MR) is 67.9 cm³/mol. The average molecular weight is 306 g/mol. The maximum atomic E-state index is 11.9. The van der Waals surface area contributed by atoms with Gasteiger partial charge in [0, 0.05) is 12.6 Å². The molecule has 0 bridgehead atoms. The number of hydrogen-bond acceptors (Lipinski definition) is 5. The second kappa shape index (κ2) is 7.92. The number of rotatable bonds is 7. The van der Waals surface area contributed by atoms with E-state index in [0.29, 0.717) is 17.9 Å². The van der Waals surface area contributed by atoms with Gasteiger partial charge in [-0.15, -0.1) is 0 Å². The maximum Gasteiger partial charge on any atom is 0.411 e. The van der Waals surface area contributed by atoms with Gasteiger partial charge < -0.3 is 9.47 Å². The van der Waals surface area contributed by atoms with E-state index in [2.05, 4.69) is 14.7 Å². The molecule has 1 aromatic rings. The summed E-state index contributed by atoms with van der Waals surface area (Å²) in [5.74, 6) is -0.170. The minimum Gasteiger partial charge on any atom is -0.462 e. The van der Waals surface area contributed by atoms with Crippen LogP contribution >= 0.6 is 0 Å². The zero-order chi connectivity index (χ0) is 15.9. The number of aromatic nitrogens is 2. The SMILES string of the molecule is CCOC(=O)c1cnc(CCOCC(F)(F)F)nc1CC. The fourth-order valence-corrected chi connectivity index (χ4v) is 1.58. The van der Waals surface area contributed by atoms with Gasteiger partial charge in [-0.3, -0.25) is 0 Å². The smallest absolute Gasteiger partial charge is 0.411 e. The molecule has 1 heterocycles. The first-order valence-electron chi connectivity index (χ1n) is 6.53. The molecule has 0 aliphatic heterocycles. The Morgan fingerprint density at radius 1 is 1.33 bits per heavy atom. The van der Waals surface area contributed by atoms with Crippen molar-refractivity contribution in [2.45, 2.75) is 32.9 Å². The summed E-state index contributed by atoms with van der Waals surface area (Å²) >= 11 is 0. The van der Waals surface area contributed by atoms with Gasteiger partial charge >= 0.3 is 12.1 Å². The van der Waals surface area contributed by atoms with E-state index in [-0.39, 0.29) is 25.2 Å². The van der Waals surface area contributed by atoms with E-state index in [1.807, 2.05) is 6.92 Å². The molecular weight excluding hydrogens is 289 g/mol. The van der Waals surface area contributed by atoms with E-state index < -0.39 is 18.8 Å². The van der Waals surface area contributed by atoms with Gasteiger partial charge in [-0.1, -0.05) is 6.92 Å². The molecule has 0 saturated heterocycles. The Kier molecular flexibility index (Phi) is 6.54. The summed E-state index contributed by atoms with van der Waals surface area (Å²) in [5, 5.41) is 0. The highest BCUT2D eigenvalue weighted by atomic mass is 19.4. The average Bonchev–Trinajstić information content (AvgIpc) is 2.42. The Balaban J connectivity index is 2.63. The van der Waals surface area contributed by atoms with Crippen LogP contribution in [-0.2, 0) is 22.3 Å². The summed E-state index contributed by atoms with van der Waals surface area (Å²) in [6, 6.07) is 0. The van der Waals surface area contributed by atoms with Crippen molar-refractivity contribution < 1.29 is 27.4 Å². The van der Waals surface area contributed by atoms with Crippen LogP contribution < -0.4 is 0 Å². The molecule has 0 aliphatic rings. The summed E-state index contributed by atoms with van der Waals surface area (Å²) in [5.41, 5.74) is 0.786. The van der Waals surface area contributed by atoms with Crippen molar-refractivity contribution in [3.05, 3.63) is 23.3 Å². The van der Waals surface area contributed by atoms with Crippen LogP contribution in [0.15, 0.2) is 6.20 Å². The molecule has 0 fully saturated rings. The lowest BCUT2D eigenvalue weighted by Crippen LogP contribution is -2.18. The van der Waals surface area contributed by atoms with Crippen molar-refractivity contribution in [1.82, 2.24) is 9.97 Å². The van der Waals surface area contributed by atoms with Crippen LogP contribution in [0.25, 0.3) is 0 Å². The topological polar surface area (TPSA) is 61.3 Å². The molecule has 0 amide bonds. The molecule has 1 aromatic heterocycles. The number of aryl methyl sites for hydroxylation is 1. The Bertz CT molecular complexity index is 478. The first-order chi connectivity index (χ1) is 9.87. The van der Waals surface area contributed by atoms with Crippen LogP contribution in [-0.4, -0.2) is 41.9 Å². The van der Waals surface area contributed by atoms with Gasteiger partial charge in [0.1, 0.15) is 12.4 Å². The molecular formula is C13H17F3N2O3. The molecule has 8 heteroatoms. The number of ether oxygens (including phenoxy) is 2. The number of halogens is 3. The van der Waals surface area contributed by atoms with E-state index in [0.717, 1.165) is 0 Å². The summed E-state index contributed by atoms with van der Waals surface area (Å²) in [6.07, 6.45) is -2.37. The van der Waals surface area contributed by atoms with Gasteiger partial charge in [0.15, 0.2) is 0 Å². The zero-order valence-corrected chi connectivity index (χ0v) is 11.9. The van der Waals surface area contributed by atoms with Crippen molar-refractivity contribution in [2.24, 2.45) is 0 Å². The van der Waals surface area contributed by atoms with Crippen LogP contribution in [0, 0.1) is 0 Å². The number of carbonyl (C=O) groups is 1. The quantitative estimate of drug-likeness (QED) is 0.571. The van der Waals surface area contributed by atoms with E-state index in [1.165, 1.54) is 6.20 Å². The van der Waals surface area contributed by atoms with Gasteiger partial charge in [0.05, 0.1) is 24.5 Å². The Morgan fingerprint density at radius 2 is 2.05 bits per heavy atom. The van der Waals surface area contributed by atoms with Crippen molar-refractivity contribution >= 4 is 5.97 Å². The molecule has 5 nitrogen and oxygen atoms in total. The molecule has 0 aliphatic carbocycles. The molecule has 0 unspecified atom stereocenters. The van der Waals surface area contributed by atoms with Crippen LogP contribution in [0.3, 0.4) is 0 Å². The monoisotopic (exact) mass is 306 g/mol. The third kappa shape index (κ3) is 6.07. The Morgan fingerprint density at radius 3 is 2.62 bits per heavy atom. The van der Waals surface area contributed by atoms with E-state index in [1.54, 1.807) is 6.92 Å². The lowest BCUT2D eigenvalue weighted by atomic mass is 10.2. The highest BCUT2D eigenvalue weighted by Gasteiger charge is 2.27. The zero-order valence-electron chi connectivity index (χ0n) is 11.9. The first-order valence-corrected chi connectivity index (χ1v) is 6.53. The molecule has 21 heavy (non-hydrogen) atoms. The number of nitrogens with zero attached hydrogens (tertiary/aromatic N) is 2. The van der Waals surface area contributed by atoms with Crippen LogP contribution in [0.4, 0.5) is 13.2 Å². The summed E-state index contributed by atoms with van der Waals surface area (Å²) in [7, 11) is 0. The fraction of sp³-hybridized carbons (Fsp3) is 0.615. The molecule has 0 N–H and O–H groups in total. The predicted octanol–water partition coefficient (Wildman–Crippen LogP) is 2.34. The van der Waals surface area contributed by atoms with E-state index >= 15 is 0 Å². The van der Waals surface area contributed by atoms with Crippen molar-refractivity contribution in [1.29, 1.82) is 0 Å². The van der Waals surface area contributed by atoms with Gasteiger partial charge in [0.2, 0.25) is 0 Å². The molecule has 118 valence electrons. The largest absolute Gasteiger partial charge is 0.462 e. The lowest BCUT2D eigenvalue weighted by molar-refractivity contribution is -0.173. The maximum absolute atomic E-state index is 11.9. The van der Waals surface area contributed by atoms with Crippen molar-refractivity contribution in [3.8, 4) is 0 Å². The number of carbonyl (C=O) groups excluding carboxylic acids is 1. The summed E-state index contributed by atoms with van der Waals surface area (Å²) in [4.78, 5) is 19.8. The molecule has 1 rings (SSSR count). The minimum atomic E-state index is -4.34. The van der Waals surface area contributed by atoms with E-state index in [4.69, 9.17) is 4.74 Å². The molecule has 0 radical (unpaired) electrons. The molecule has 0 spiro atoms. The van der Waals surface area contributed by atoms with Gasteiger partial charge in [-0.05, 0) is 13.3 Å². The standard InChI is InChI=1S/C13H17F3N2O3/c1-3-10-9(12(19)21-4-2)7-17-11(18-10)5-6-20-8-13(14,15)16/h7H,3-6,8H2,1-2H3.